The number of rotatable bonds is 2. The Kier molecular flexibility index (Phi) is 2.53. The van der Waals surface area contributed by atoms with Crippen molar-refractivity contribution in [1.82, 2.24) is 4.98 Å². The minimum atomic E-state index is -0.251. The molecule has 3 nitrogen and oxygen atoms in total. The standard InChI is InChI=1S/C9H13NO2/c1-4-12-9(11)8-5-10-7(3)6(8)2/h5,10H,4H2,1-3H3. The predicted octanol–water partition coefficient (Wildman–Crippen LogP) is 1.81. The fourth-order valence-corrected chi connectivity index (χ4v) is 1.02. The maximum Gasteiger partial charge on any atom is 0.339 e. The van der Waals surface area contributed by atoms with Gasteiger partial charge < -0.3 is 9.72 Å². The fraction of sp³-hybridized carbons (Fsp3) is 0.444. The second-order valence-electron chi connectivity index (χ2n) is 2.67. The molecule has 0 atom stereocenters. The van der Waals surface area contributed by atoms with Crippen LogP contribution in [-0.4, -0.2) is 17.6 Å². The number of hydrogen-bond donors (Lipinski definition) is 1. The zero-order valence-electron chi connectivity index (χ0n) is 7.60. The van der Waals surface area contributed by atoms with Crippen LogP contribution in [0.3, 0.4) is 0 Å². The first kappa shape index (κ1) is 8.84. The molecule has 1 aromatic rings. The summed E-state index contributed by atoms with van der Waals surface area (Å²) in [5.74, 6) is -0.251. The lowest BCUT2D eigenvalue weighted by Gasteiger charge is -1.99. The molecule has 0 saturated carbocycles. The van der Waals surface area contributed by atoms with Gasteiger partial charge in [0.05, 0.1) is 12.2 Å². The van der Waals surface area contributed by atoms with Gasteiger partial charge in [0.25, 0.3) is 0 Å². The quantitative estimate of drug-likeness (QED) is 0.682. The van der Waals surface area contributed by atoms with Gasteiger partial charge in [-0.25, -0.2) is 4.79 Å². The Hall–Kier alpha value is -1.25. The molecular formula is C9H13NO2. The van der Waals surface area contributed by atoms with Gasteiger partial charge in [0, 0.05) is 11.9 Å². The van der Waals surface area contributed by atoms with Gasteiger partial charge in [0.1, 0.15) is 0 Å². The molecule has 0 amide bonds. The monoisotopic (exact) mass is 167 g/mol. The summed E-state index contributed by atoms with van der Waals surface area (Å²) in [4.78, 5) is 14.2. The van der Waals surface area contributed by atoms with Gasteiger partial charge in [-0.1, -0.05) is 0 Å². The van der Waals surface area contributed by atoms with Crippen molar-refractivity contribution < 1.29 is 9.53 Å². The van der Waals surface area contributed by atoms with Crippen molar-refractivity contribution in [2.75, 3.05) is 6.61 Å². The number of aromatic amines is 1. The minimum Gasteiger partial charge on any atom is -0.462 e. The predicted molar refractivity (Wildman–Crippen MR) is 46.2 cm³/mol. The highest BCUT2D eigenvalue weighted by atomic mass is 16.5. The van der Waals surface area contributed by atoms with Crippen LogP contribution in [0.4, 0.5) is 0 Å². The molecule has 0 aliphatic rings. The molecule has 0 fully saturated rings. The van der Waals surface area contributed by atoms with Gasteiger partial charge in [-0.15, -0.1) is 0 Å². The van der Waals surface area contributed by atoms with Gasteiger partial charge in [-0.2, -0.15) is 0 Å². The van der Waals surface area contributed by atoms with Crippen LogP contribution >= 0.6 is 0 Å². The Bertz CT molecular complexity index is 289. The molecule has 1 rings (SSSR count). The van der Waals surface area contributed by atoms with Gasteiger partial charge in [0.15, 0.2) is 0 Å². The number of ether oxygens (including phenoxy) is 1. The molecule has 3 heteroatoms. The molecule has 0 radical (unpaired) electrons. The lowest BCUT2D eigenvalue weighted by molar-refractivity contribution is 0.0526. The average molecular weight is 167 g/mol. The van der Waals surface area contributed by atoms with Crippen molar-refractivity contribution in [3.8, 4) is 0 Å². The fourth-order valence-electron chi connectivity index (χ4n) is 1.02. The third-order valence-electron chi connectivity index (χ3n) is 1.89. The molecule has 0 spiro atoms. The number of nitrogens with one attached hydrogen (secondary N) is 1. The maximum atomic E-state index is 11.2. The molecule has 0 aliphatic carbocycles. The number of carbonyl (C=O) groups is 1. The third-order valence-corrected chi connectivity index (χ3v) is 1.89. The molecule has 12 heavy (non-hydrogen) atoms. The van der Waals surface area contributed by atoms with Crippen LogP contribution in [-0.2, 0) is 4.74 Å². The van der Waals surface area contributed by atoms with Crippen molar-refractivity contribution >= 4 is 5.97 Å². The van der Waals surface area contributed by atoms with Gasteiger partial charge in [-0.3, -0.25) is 0 Å². The van der Waals surface area contributed by atoms with E-state index in [2.05, 4.69) is 4.98 Å². The zero-order chi connectivity index (χ0) is 9.14. The van der Waals surface area contributed by atoms with E-state index in [9.17, 15) is 4.79 Å². The van der Waals surface area contributed by atoms with Crippen molar-refractivity contribution in [2.24, 2.45) is 0 Å². The molecular weight excluding hydrogens is 154 g/mol. The number of H-pyrrole nitrogens is 1. The normalized spacial score (nSPS) is 9.92. The summed E-state index contributed by atoms with van der Waals surface area (Å²) in [5, 5.41) is 0. The SMILES string of the molecule is CCOC(=O)c1c[nH]c(C)c1C. The van der Waals surface area contributed by atoms with E-state index in [0.717, 1.165) is 11.3 Å². The highest BCUT2D eigenvalue weighted by Gasteiger charge is 2.12. The van der Waals surface area contributed by atoms with Crippen LogP contribution in [0.2, 0.25) is 0 Å². The lowest BCUT2D eigenvalue weighted by atomic mass is 10.2. The minimum absolute atomic E-state index is 0.251. The molecule has 66 valence electrons. The van der Waals surface area contributed by atoms with Crippen LogP contribution in [0.1, 0.15) is 28.5 Å². The van der Waals surface area contributed by atoms with E-state index in [0.29, 0.717) is 12.2 Å². The van der Waals surface area contributed by atoms with Crippen LogP contribution < -0.4 is 0 Å². The Morgan fingerprint density at radius 3 is 2.67 bits per heavy atom. The summed E-state index contributed by atoms with van der Waals surface area (Å²) in [6, 6.07) is 0. The summed E-state index contributed by atoms with van der Waals surface area (Å²) >= 11 is 0. The molecule has 0 aliphatic heterocycles. The van der Waals surface area contributed by atoms with Gasteiger partial charge in [-0.05, 0) is 26.3 Å². The topological polar surface area (TPSA) is 42.1 Å². The first-order chi connectivity index (χ1) is 5.66. The van der Waals surface area contributed by atoms with E-state index in [-0.39, 0.29) is 5.97 Å². The number of carbonyl (C=O) groups excluding carboxylic acids is 1. The summed E-state index contributed by atoms with van der Waals surface area (Å²) in [6.07, 6.45) is 1.68. The van der Waals surface area contributed by atoms with Crippen LogP contribution in [0.25, 0.3) is 0 Å². The van der Waals surface area contributed by atoms with E-state index in [1.165, 1.54) is 0 Å². The number of aromatic nitrogens is 1. The summed E-state index contributed by atoms with van der Waals surface area (Å²) < 4.78 is 4.86. The largest absolute Gasteiger partial charge is 0.462 e. The third kappa shape index (κ3) is 1.49. The van der Waals surface area contributed by atoms with Crippen LogP contribution in [0.15, 0.2) is 6.20 Å². The molecule has 0 bridgehead atoms. The summed E-state index contributed by atoms with van der Waals surface area (Å²) in [6.45, 7) is 6.05. The first-order valence-electron chi connectivity index (χ1n) is 3.98. The molecule has 0 aromatic carbocycles. The second kappa shape index (κ2) is 3.43. The van der Waals surface area contributed by atoms with E-state index in [1.807, 2.05) is 13.8 Å². The number of hydrogen-bond acceptors (Lipinski definition) is 2. The molecule has 1 aromatic heterocycles. The highest BCUT2D eigenvalue weighted by molar-refractivity contribution is 5.91. The smallest absolute Gasteiger partial charge is 0.339 e. The van der Waals surface area contributed by atoms with Crippen LogP contribution in [0, 0.1) is 13.8 Å². The highest BCUT2D eigenvalue weighted by Crippen LogP contribution is 2.12. The first-order valence-corrected chi connectivity index (χ1v) is 3.98. The maximum absolute atomic E-state index is 11.2. The van der Waals surface area contributed by atoms with Crippen molar-refractivity contribution in [2.45, 2.75) is 20.8 Å². The second-order valence-corrected chi connectivity index (χ2v) is 2.67. The lowest BCUT2D eigenvalue weighted by Crippen LogP contribution is -2.04. The summed E-state index contributed by atoms with van der Waals surface area (Å²) in [7, 11) is 0. The zero-order valence-corrected chi connectivity index (χ0v) is 7.60. The molecule has 1 heterocycles. The van der Waals surface area contributed by atoms with E-state index in [1.54, 1.807) is 13.1 Å². The van der Waals surface area contributed by atoms with Crippen molar-refractivity contribution in [3.63, 3.8) is 0 Å². The number of aryl methyl sites for hydroxylation is 1. The van der Waals surface area contributed by atoms with E-state index in [4.69, 9.17) is 4.74 Å². The van der Waals surface area contributed by atoms with Crippen molar-refractivity contribution in [1.29, 1.82) is 0 Å². The Morgan fingerprint density at radius 2 is 2.25 bits per heavy atom. The Morgan fingerprint density at radius 1 is 1.58 bits per heavy atom. The molecule has 1 N–H and O–H groups in total. The Balaban J connectivity index is 2.88. The van der Waals surface area contributed by atoms with Crippen molar-refractivity contribution in [3.05, 3.63) is 23.0 Å². The average Bonchev–Trinajstić information content (AvgIpc) is 2.34. The number of esters is 1. The van der Waals surface area contributed by atoms with E-state index < -0.39 is 0 Å². The van der Waals surface area contributed by atoms with E-state index >= 15 is 0 Å². The Labute approximate surface area is 71.7 Å². The van der Waals surface area contributed by atoms with Crippen LogP contribution in [0.5, 0.6) is 0 Å². The molecule has 0 unspecified atom stereocenters. The molecule has 0 saturated heterocycles. The van der Waals surface area contributed by atoms with Gasteiger partial charge >= 0.3 is 5.97 Å². The van der Waals surface area contributed by atoms with Gasteiger partial charge in [0.2, 0.25) is 0 Å². The summed E-state index contributed by atoms with van der Waals surface area (Å²) in [5.41, 5.74) is 2.61.